The van der Waals surface area contributed by atoms with E-state index in [0.29, 0.717) is 11.3 Å². The Hall–Kier alpha value is -2.96. The minimum absolute atomic E-state index is 0.132. The Morgan fingerprint density at radius 3 is 2.50 bits per heavy atom. The average molecular weight is 333 g/mol. The van der Waals surface area contributed by atoms with Crippen LogP contribution in [0.5, 0.6) is 0 Å². The number of carbonyl (C=O) groups is 1. The first-order valence-electron chi connectivity index (χ1n) is 7.20. The lowest BCUT2D eigenvalue weighted by molar-refractivity contribution is -0.137. The Bertz CT molecular complexity index is 853. The summed E-state index contributed by atoms with van der Waals surface area (Å²) in [6.45, 7) is 0.132. The number of carbonyl (C=O) groups excluding carboxylic acids is 1. The second-order valence-electron chi connectivity index (χ2n) is 5.25. The van der Waals surface area contributed by atoms with Crippen molar-refractivity contribution in [1.82, 2.24) is 10.3 Å². The summed E-state index contributed by atoms with van der Waals surface area (Å²) in [6, 6.07) is 11.6. The van der Waals surface area contributed by atoms with Crippen LogP contribution in [0.3, 0.4) is 0 Å². The van der Waals surface area contributed by atoms with Crippen molar-refractivity contribution in [3.05, 3.63) is 65.9 Å². The van der Waals surface area contributed by atoms with Crippen LogP contribution in [0, 0.1) is 0 Å². The number of rotatable bonds is 3. The Balaban J connectivity index is 1.61. The molecule has 0 fully saturated rings. The lowest BCUT2D eigenvalue weighted by Gasteiger charge is -2.10. The summed E-state index contributed by atoms with van der Waals surface area (Å²) in [5.41, 5.74) is 1.42. The topological polar surface area (TPSA) is 56.9 Å². The number of amides is 2. The third-order valence-electron chi connectivity index (χ3n) is 3.58. The Labute approximate surface area is 135 Å². The number of benzene rings is 2. The van der Waals surface area contributed by atoms with Crippen LogP contribution >= 0.6 is 0 Å². The van der Waals surface area contributed by atoms with E-state index in [4.69, 9.17) is 0 Å². The second-order valence-corrected chi connectivity index (χ2v) is 5.25. The molecule has 0 atom stereocenters. The first kappa shape index (κ1) is 15.9. The Kier molecular flexibility index (Phi) is 4.16. The van der Waals surface area contributed by atoms with Crippen molar-refractivity contribution in [2.45, 2.75) is 12.7 Å². The molecule has 0 saturated carbocycles. The van der Waals surface area contributed by atoms with Crippen LogP contribution in [0.2, 0.25) is 0 Å². The van der Waals surface area contributed by atoms with Crippen LogP contribution in [0.25, 0.3) is 10.9 Å². The molecular formula is C17H14F3N3O. The fourth-order valence-corrected chi connectivity index (χ4v) is 2.35. The van der Waals surface area contributed by atoms with Gasteiger partial charge in [0.1, 0.15) is 0 Å². The lowest BCUT2D eigenvalue weighted by atomic mass is 10.1. The highest BCUT2D eigenvalue weighted by molar-refractivity contribution is 6.00. The summed E-state index contributed by atoms with van der Waals surface area (Å²) in [7, 11) is 0. The first-order chi connectivity index (χ1) is 11.4. The van der Waals surface area contributed by atoms with Crippen molar-refractivity contribution in [1.29, 1.82) is 0 Å². The van der Waals surface area contributed by atoms with Gasteiger partial charge in [-0.25, -0.2) is 4.79 Å². The zero-order valence-electron chi connectivity index (χ0n) is 12.4. The molecule has 4 nitrogen and oxygen atoms in total. The number of halogens is 3. The van der Waals surface area contributed by atoms with E-state index in [1.165, 1.54) is 12.1 Å². The summed E-state index contributed by atoms with van der Waals surface area (Å²) in [4.78, 5) is 15.0. The average Bonchev–Trinajstić information content (AvgIpc) is 3.02. The lowest BCUT2D eigenvalue weighted by Crippen LogP contribution is -2.28. The highest BCUT2D eigenvalue weighted by Crippen LogP contribution is 2.29. The van der Waals surface area contributed by atoms with E-state index in [2.05, 4.69) is 15.6 Å². The number of aromatic nitrogens is 1. The molecule has 0 unspecified atom stereocenters. The number of urea groups is 1. The Morgan fingerprint density at radius 2 is 1.79 bits per heavy atom. The van der Waals surface area contributed by atoms with Crippen LogP contribution in [-0.2, 0) is 12.7 Å². The molecule has 1 heterocycles. The molecule has 0 aliphatic heterocycles. The second kappa shape index (κ2) is 6.27. The van der Waals surface area contributed by atoms with E-state index in [1.807, 2.05) is 18.2 Å². The van der Waals surface area contributed by atoms with Gasteiger partial charge in [0, 0.05) is 23.6 Å². The van der Waals surface area contributed by atoms with Crippen LogP contribution in [-0.4, -0.2) is 11.0 Å². The maximum atomic E-state index is 12.5. The smallest absolute Gasteiger partial charge is 0.361 e. The monoisotopic (exact) mass is 333 g/mol. The molecular weight excluding hydrogens is 319 g/mol. The number of alkyl halides is 3. The number of fused-ring (bicyclic) bond motifs is 1. The van der Waals surface area contributed by atoms with Gasteiger partial charge in [0.25, 0.3) is 0 Å². The summed E-state index contributed by atoms with van der Waals surface area (Å²) in [6.07, 6.45) is -2.59. The number of nitrogens with one attached hydrogen (secondary N) is 3. The summed E-state index contributed by atoms with van der Waals surface area (Å²) in [5, 5.41) is 6.22. The first-order valence-corrected chi connectivity index (χ1v) is 7.20. The van der Waals surface area contributed by atoms with E-state index in [-0.39, 0.29) is 6.54 Å². The molecule has 3 N–H and O–H groups in total. The molecule has 124 valence electrons. The summed E-state index contributed by atoms with van der Waals surface area (Å²) < 4.78 is 37.5. The molecule has 0 bridgehead atoms. The van der Waals surface area contributed by atoms with Gasteiger partial charge in [0.15, 0.2) is 0 Å². The molecule has 7 heteroatoms. The van der Waals surface area contributed by atoms with Crippen LogP contribution < -0.4 is 10.6 Å². The SMILES string of the molecule is O=C(NCc1ccc(C(F)(F)F)cc1)Nc1cccc2[nH]ccc12. The molecule has 0 spiro atoms. The van der Waals surface area contributed by atoms with Crippen LogP contribution in [0.15, 0.2) is 54.7 Å². The van der Waals surface area contributed by atoms with Gasteiger partial charge in [-0.3, -0.25) is 0 Å². The number of H-pyrrole nitrogens is 1. The molecule has 0 saturated heterocycles. The molecule has 3 aromatic rings. The molecule has 0 aliphatic carbocycles. The minimum atomic E-state index is -4.36. The largest absolute Gasteiger partial charge is 0.416 e. The van der Waals surface area contributed by atoms with Gasteiger partial charge in [-0.1, -0.05) is 18.2 Å². The molecule has 2 aromatic carbocycles. The number of aromatic amines is 1. The highest BCUT2D eigenvalue weighted by atomic mass is 19.4. The molecule has 0 aliphatic rings. The fourth-order valence-electron chi connectivity index (χ4n) is 2.35. The van der Waals surface area contributed by atoms with Crippen LogP contribution in [0.4, 0.5) is 23.7 Å². The van der Waals surface area contributed by atoms with Gasteiger partial charge < -0.3 is 15.6 Å². The van der Waals surface area contributed by atoms with Crippen molar-refractivity contribution >= 4 is 22.6 Å². The number of anilines is 1. The van der Waals surface area contributed by atoms with Gasteiger partial charge in [0.05, 0.1) is 11.3 Å². The van der Waals surface area contributed by atoms with Gasteiger partial charge in [-0.15, -0.1) is 0 Å². The third-order valence-corrected chi connectivity index (χ3v) is 3.58. The van der Waals surface area contributed by atoms with E-state index in [0.717, 1.165) is 23.0 Å². The third kappa shape index (κ3) is 3.51. The predicted octanol–water partition coefficient (Wildman–Crippen LogP) is 4.51. The van der Waals surface area contributed by atoms with Gasteiger partial charge in [-0.2, -0.15) is 13.2 Å². The minimum Gasteiger partial charge on any atom is -0.361 e. The maximum absolute atomic E-state index is 12.5. The van der Waals surface area contributed by atoms with Crippen molar-refractivity contribution in [3.63, 3.8) is 0 Å². The Morgan fingerprint density at radius 1 is 1.04 bits per heavy atom. The standard InChI is InChI=1S/C17H14F3N3O/c18-17(19,20)12-6-4-11(5-7-12)10-22-16(24)23-15-3-1-2-14-13(15)8-9-21-14/h1-9,21H,10H2,(H2,22,23,24). The molecule has 24 heavy (non-hydrogen) atoms. The van der Waals surface area contributed by atoms with Crippen molar-refractivity contribution in [2.75, 3.05) is 5.32 Å². The van der Waals surface area contributed by atoms with Gasteiger partial charge in [-0.05, 0) is 35.9 Å². The van der Waals surface area contributed by atoms with E-state index in [9.17, 15) is 18.0 Å². The van der Waals surface area contributed by atoms with E-state index < -0.39 is 17.8 Å². The zero-order valence-corrected chi connectivity index (χ0v) is 12.4. The number of hydrogen-bond donors (Lipinski definition) is 3. The van der Waals surface area contributed by atoms with E-state index >= 15 is 0 Å². The van der Waals surface area contributed by atoms with Gasteiger partial charge >= 0.3 is 12.2 Å². The predicted molar refractivity (Wildman–Crippen MR) is 85.6 cm³/mol. The maximum Gasteiger partial charge on any atom is 0.416 e. The van der Waals surface area contributed by atoms with Crippen molar-refractivity contribution in [2.24, 2.45) is 0 Å². The van der Waals surface area contributed by atoms with Crippen LogP contribution in [0.1, 0.15) is 11.1 Å². The zero-order chi connectivity index (χ0) is 17.2. The summed E-state index contributed by atoms with van der Waals surface area (Å²) in [5.74, 6) is 0. The van der Waals surface area contributed by atoms with Gasteiger partial charge in [0.2, 0.25) is 0 Å². The van der Waals surface area contributed by atoms with Crippen molar-refractivity contribution in [3.8, 4) is 0 Å². The van der Waals surface area contributed by atoms with E-state index in [1.54, 1.807) is 12.3 Å². The molecule has 0 radical (unpaired) electrons. The molecule has 1 aromatic heterocycles. The number of hydrogen-bond acceptors (Lipinski definition) is 1. The molecule has 3 rings (SSSR count). The molecule has 2 amide bonds. The normalized spacial score (nSPS) is 11.5. The quantitative estimate of drug-likeness (QED) is 0.649. The highest BCUT2D eigenvalue weighted by Gasteiger charge is 2.29. The van der Waals surface area contributed by atoms with Crippen molar-refractivity contribution < 1.29 is 18.0 Å². The summed E-state index contributed by atoms with van der Waals surface area (Å²) >= 11 is 0. The fraction of sp³-hybridized carbons (Fsp3) is 0.118.